The van der Waals surface area contributed by atoms with Crippen molar-refractivity contribution in [2.45, 2.75) is 19.3 Å². The van der Waals surface area contributed by atoms with Gasteiger partial charge in [-0.25, -0.2) is 19.6 Å². The van der Waals surface area contributed by atoms with Crippen molar-refractivity contribution in [2.24, 2.45) is 0 Å². The molecular formula is C19H12Br2N2O4. The van der Waals surface area contributed by atoms with Gasteiger partial charge in [-0.15, -0.1) is 0 Å². The summed E-state index contributed by atoms with van der Waals surface area (Å²) in [5, 5.41) is 0.808. The van der Waals surface area contributed by atoms with Crippen LogP contribution in [0.3, 0.4) is 0 Å². The van der Waals surface area contributed by atoms with E-state index in [4.69, 9.17) is 8.83 Å². The van der Waals surface area contributed by atoms with Gasteiger partial charge in [0.05, 0.1) is 21.8 Å². The lowest BCUT2D eigenvalue weighted by molar-refractivity contribution is 0.380. The molecule has 0 amide bonds. The molecule has 2 aromatic carbocycles. The fraction of sp³-hybridized carbons (Fsp3) is 0.158. The van der Waals surface area contributed by atoms with E-state index in [1.54, 1.807) is 24.3 Å². The van der Waals surface area contributed by atoms with Crippen LogP contribution in [0.1, 0.15) is 24.6 Å². The summed E-state index contributed by atoms with van der Waals surface area (Å²) in [5.74, 6) is 0.243. The van der Waals surface area contributed by atoms with Gasteiger partial charge >= 0.3 is 11.3 Å². The van der Waals surface area contributed by atoms with Gasteiger partial charge < -0.3 is 8.83 Å². The number of rotatable bonds is 3. The molecule has 0 aliphatic heterocycles. The molecule has 1 unspecified atom stereocenters. The van der Waals surface area contributed by atoms with E-state index in [-0.39, 0.29) is 24.1 Å². The first-order valence-electron chi connectivity index (χ1n) is 8.10. The molecule has 2 heterocycles. The highest BCUT2D eigenvalue weighted by Gasteiger charge is 2.17. The Morgan fingerprint density at radius 1 is 0.889 bits per heavy atom. The Bertz CT molecular complexity index is 1300. The average Bonchev–Trinajstić information content (AvgIpc) is 2.63. The van der Waals surface area contributed by atoms with Gasteiger partial charge in [0.15, 0.2) is 5.89 Å². The third-order valence-electron chi connectivity index (χ3n) is 4.14. The zero-order valence-electron chi connectivity index (χ0n) is 14.0. The van der Waals surface area contributed by atoms with Gasteiger partial charge in [0.2, 0.25) is 5.89 Å². The molecule has 0 saturated heterocycles. The maximum atomic E-state index is 12.2. The molecule has 0 N–H and O–H groups in total. The number of benzene rings is 2. The normalized spacial score (nSPS) is 12.6. The highest BCUT2D eigenvalue weighted by atomic mass is 79.9. The van der Waals surface area contributed by atoms with Crippen molar-refractivity contribution < 1.29 is 8.83 Å². The van der Waals surface area contributed by atoms with Gasteiger partial charge in [-0.05, 0) is 36.4 Å². The lowest BCUT2D eigenvalue weighted by atomic mass is 10.1. The van der Waals surface area contributed by atoms with Gasteiger partial charge in [0.25, 0.3) is 0 Å². The van der Waals surface area contributed by atoms with E-state index in [1.807, 2.05) is 19.1 Å². The summed E-state index contributed by atoms with van der Waals surface area (Å²) in [5.41, 5.74) is 0.186. The molecule has 0 radical (unpaired) electrons. The van der Waals surface area contributed by atoms with Crippen molar-refractivity contribution in [2.75, 3.05) is 0 Å². The summed E-state index contributed by atoms with van der Waals surface area (Å²) in [6, 6.07) is 10.5. The Hall–Kier alpha value is -2.32. The van der Waals surface area contributed by atoms with Crippen LogP contribution in [-0.4, -0.2) is 9.97 Å². The Morgan fingerprint density at radius 3 is 2.07 bits per heavy atom. The Morgan fingerprint density at radius 2 is 1.44 bits per heavy atom. The van der Waals surface area contributed by atoms with Crippen molar-refractivity contribution in [3.8, 4) is 0 Å². The summed E-state index contributed by atoms with van der Waals surface area (Å²) in [4.78, 5) is 33.3. The van der Waals surface area contributed by atoms with Gasteiger partial charge in [0, 0.05) is 21.3 Å². The SMILES string of the molecule is CC(Cc1nc2ccc(Br)cc2c(=O)o1)c1nc2ccc(Br)cc2c(=O)o1. The summed E-state index contributed by atoms with van der Waals surface area (Å²) >= 11 is 6.65. The predicted molar refractivity (Wildman–Crippen MR) is 108 cm³/mol. The summed E-state index contributed by atoms with van der Waals surface area (Å²) in [6.07, 6.45) is 0.277. The molecule has 0 aliphatic rings. The average molecular weight is 492 g/mol. The van der Waals surface area contributed by atoms with Crippen molar-refractivity contribution in [3.05, 3.63) is 78.0 Å². The molecular weight excluding hydrogens is 480 g/mol. The molecule has 2 aromatic heterocycles. The number of nitrogens with zero attached hydrogens (tertiary/aromatic N) is 2. The van der Waals surface area contributed by atoms with E-state index < -0.39 is 11.3 Å². The molecule has 4 rings (SSSR count). The van der Waals surface area contributed by atoms with Crippen LogP contribution in [0.25, 0.3) is 21.8 Å². The van der Waals surface area contributed by atoms with Crippen LogP contribution >= 0.6 is 31.9 Å². The van der Waals surface area contributed by atoms with E-state index in [2.05, 4.69) is 41.8 Å². The molecule has 0 aliphatic carbocycles. The largest absolute Gasteiger partial charge is 0.408 e. The van der Waals surface area contributed by atoms with E-state index in [0.29, 0.717) is 21.8 Å². The summed E-state index contributed by atoms with van der Waals surface area (Å²) in [6.45, 7) is 1.84. The molecule has 1 atom stereocenters. The number of halogens is 2. The van der Waals surface area contributed by atoms with Crippen molar-refractivity contribution in [1.82, 2.24) is 9.97 Å². The third-order valence-corrected chi connectivity index (χ3v) is 5.13. The molecule has 0 saturated carbocycles. The summed E-state index contributed by atoms with van der Waals surface area (Å²) < 4.78 is 12.3. The maximum Gasteiger partial charge on any atom is 0.346 e. The van der Waals surface area contributed by atoms with Crippen LogP contribution < -0.4 is 11.3 Å². The Kier molecular flexibility index (Phi) is 4.69. The second-order valence-electron chi connectivity index (χ2n) is 6.16. The molecule has 0 bridgehead atoms. The van der Waals surface area contributed by atoms with Crippen LogP contribution in [-0.2, 0) is 6.42 Å². The lowest BCUT2D eigenvalue weighted by Crippen LogP contribution is -2.11. The van der Waals surface area contributed by atoms with Gasteiger partial charge in [0.1, 0.15) is 0 Å². The summed E-state index contributed by atoms with van der Waals surface area (Å²) in [7, 11) is 0. The second kappa shape index (κ2) is 7.01. The van der Waals surface area contributed by atoms with E-state index >= 15 is 0 Å². The monoisotopic (exact) mass is 490 g/mol. The fourth-order valence-corrected chi connectivity index (χ4v) is 3.52. The second-order valence-corrected chi connectivity index (χ2v) is 7.99. The highest BCUT2D eigenvalue weighted by Crippen LogP contribution is 2.22. The van der Waals surface area contributed by atoms with Crippen LogP contribution in [0.5, 0.6) is 0 Å². The molecule has 4 aromatic rings. The smallest absolute Gasteiger partial charge is 0.346 e. The zero-order chi connectivity index (χ0) is 19.1. The van der Waals surface area contributed by atoms with Gasteiger partial charge in [-0.2, -0.15) is 0 Å². The van der Waals surface area contributed by atoms with Gasteiger partial charge in [-0.3, -0.25) is 0 Å². The molecule has 0 fully saturated rings. The quantitative estimate of drug-likeness (QED) is 0.417. The van der Waals surface area contributed by atoms with Crippen LogP contribution in [0, 0.1) is 0 Å². The number of hydrogen-bond donors (Lipinski definition) is 0. The molecule has 0 spiro atoms. The topological polar surface area (TPSA) is 86.2 Å². The first kappa shape index (κ1) is 18.1. The third kappa shape index (κ3) is 3.59. The number of aromatic nitrogens is 2. The fourth-order valence-electron chi connectivity index (χ4n) is 2.80. The first-order chi connectivity index (χ1) is 12.9. The number of fused-ring (bicyclic) bond motifs is 2. The predicted octanol–water partition coefficient (Wildman–Crippen LogP) is 4.56. The minimum absolute atomic E-state index is 0.266. The van der Waals surface area contributed by atoms with E-state index in [9.17, 15) is 9.59 Å². The van der Waals surface area contributed by atoms with E-state index in [1.165, 1.54) is 0 Å². The minimum atomic E-state index is -0.457. The van der Waals surface area contributed by atoms with Crippen LogP contribution in [0.4, 0.5) is 0 Å². The lowest BCUT2D eigenvalue weighted by Gasteiger charge is -2.09. The zero-order valence-corrected chi connectivity index (χ0v) is 17.2. The number of hydrogen-bond acceptors (Lipinski definition) is 6. The van der Waals surface area contributed by atoms with Crippen LogP contribution in [0.2, 0.25) is 0 Å². The van der Waals surface area contributed by atoms with Gasteiger partial charge in [-0.1, -0.05) is 38.8 Å². The standard InChI is InChI=1S/C19H12Br2N2O4/c1-9(17-23-15-5-3-11(21)8-13(15)19(25)27-17)6-16-22-14-4-2-10(20)7-12(14)18(24)26-16/h2-5,7-9H,6H2,1H3. The molecule has 8 heteroatoms. The Balaban J connectivity index is 1.71. The van der Waals surface area contributed by atoms with Crippen molar-refractivity contribution in [3.63, 3.8) is 0 Å². The molecule has 136 valence electrons. The van der Waals surface area contributed by atoms with Crippen molar-refractivity contribution in [1.29, 1.82) is 0 Å². The van der Waals surface area contributed by atoms with E-state index in [0.717, 1.165) is 8.95 Å². The molecule has 27 heavy (non-hydrogen) atoms. The first-order valence-corrected chi connectivity index (χ1v) is 9.69. The maximum absolute atomic E-state index is 12.2. The van der Waals surface area contributed by atoms with Crippen molar-refractivity contribution >= 4 is 53.7 Å². The minimum Gasteiger partial charge on any atom is -0.408 e. The highest BCUT2D eigenvalue weighted by molar-refractivity contribution is 9.10. The van der Waals surface area contributed by atoms with Crippen LogP contribution in [0.15, 0.2) is 63.8 Å². The molecule has 6 nitrogen and oxygen atoms in total. The Labute approximate surface area is 169 Å².